The maximum absolute atomic E-state index is 11.2. The predicted octanol–water partition coefficient (Wildman–Crippen LogP) is 4.87. The zero-order valence-electron chi connectivity index (χ0n) is 14.5. The van der Waals surface area contributed by atoms with E-state index in [1.165, 1.54) is 5.56 Å². The van der Waals surface area contributed by atoms with Crippen LogP contribution in [0.3, 0.4) is 0 Å². The second-order valence-corrected chi connectivity index (χ2v) is 6.48. The number of benzene rings is 2. The minimum atomic E-state index is 0.101. The Morgan fingerprint density at radius 3 is 2.22 bits per heavy atom. The third-order valence-corrected chi connectivity index (χ3v) is 3.78. The van der Waals surface area contributed by atoms with Gasteiger partial charge >= 0.3 is 0 Å². The van der Waals surface area contributed by atoms with E-state index in [0.717, 1.165) is 17.4 Å². The highest BCUT2D eigenvalue weighted by atomic mass is 16.5. The van der Waals surface area contributed by atoms with Crippen molar-refractivity contribution in [2.24, 2.45) is 0 Å². The Morgan fingerprint density at radius 1 is 1.09 bits per heavy atom. The molecule has 0 saturated carbocycles. The first-order valence-electron chi connectivity index (χ1n) is 7.81. The monoisotopic (exact) mass is 312 g/mol. The van der Waals surface area contributed by atoms with Crippen molar-refractivity contribution in [3.05, 3.63) is 47.5 Å². The van der Waals surface area contributed by atoms with Gasteiger partial charge in [-0.2, -0.15) is 0 Å². The SMILES string of the molecule is CCOc1c(OC)cc(C=O)cc1-c1ccc(C(C)(C)C)cc1. The maximum Gasteiger partial charge on any atom is 0.168 e. The van der Waals surface area contributed by atoms with Crippen molar-refractivity contribution in [1.82, 2.24) is 0 Å². The minimum absolute atomic E-state index is 0.101. The van der Waals surface area contributed by atoms with Crippen LogP contribution in [0.4, 0.5) is 0 Å². The Hall–Kier alpha value is -2.29. The zero-order valence-corrected chi connectivity index (χ0v) is 14.5. The molecule has 122 valence electrons. The van der Waals surface area contributed by atoms with Crippen LogP contribution in [0.5, 0.6) is 11.5 Å². The van der Waals surface area contributed by atoms with Crippen LogP contribution in [-0.2, 0) is 5.41 Å². The zero-order chi connectivity index (χ0) is 17.0. The van der Waals surface area contributed by atoms with Crippen LogP contribution >= 0.6 is 0 Å². The number of hydrogen-bond acceptors (Lipinski definition) is 3. The molecular weight excluding hydrogens is 288 g/mol. The Bertz CT molecular complexity index is 679. The van der Waals surface area contributed by atoms with Gasteiger partial charge in [0.1, 0.15) is 6.29 Å². The molecule has 2 aromatic carbocycles. The molecular formula is C20H24O3. The summed E-state index contributed by atoms with van der Waals surface area (Å²) in [6.45, 7) is 9.01. The summed E-state index contributed by atoms with van der Waals surface area (Å²) in [5.74, 6) is 1.25. The molecule has 0 unspecified atom stereocenters. The minimum Gasteiger partial charge on any atom is -0.493 e. The van der Waals surface area contributed by atoms with Crippen molar-refractivity contribution in [3.63, 3.8) is 0 Å². The van der Waals surface area contributed by atoms with Crippen LogP contribution in [0, 0.1) is 0 Å². The topological polar surface area (TPSA) is 35.5 Å². The Balaban J connectivity index is 2.58. The van der Waals surface area contributed by atoms with E-state index in [-0.39, 0.29) is 5.41 Å². The van der Waals surface area contributed by atoms with Gasteiger partial charge in [-0.05, 0) is 35.6 Å². The molecule has 0 fully saturated rings. The molecule has 0 bridgehead atoms. The van der Waals surface area contributed by atoms with Gasteiger partial charge in [0.05, 0.1) is 13.7 Å². The average Bonchev–Trinajstić information content (AvgIpc) is 2.54. The summed E-state index contributed by atoms with van der Waals surface area (Å²) in [6, 6.07) is 11.9. The molecule has 0 amide bonds. The lowest BCUT2D eigenvalue weighted by molar-refractivity contribution is 0.112. The molecule has 0 spiro atoms. The van der Waals surface area contributed by atoms with E-state index in [4.69, 9.17) is 9.47 Å². The number of carbonyl (C=O) groups is 1. The van der Waals surface area contributed by atoms with E-state index in [0.29, 0.717) is 23.7 Å². The van der Waals surface area contributed by atoms with Gasteiger partial charge in [0, 0.05) is 11.1 Å². The highest BCUT2D eigenvalue weighted by molar-refractivity contribution is 5.84. The van der Waals surface area contributed by atoms with E-state index < -0.39 is 0 Å². The molecule has 0 aromatic heterocycles. The van der Waals surface area contributed by atoms with Crippen LogP contribution in [-0.4, -0.2) is 20.0 Å². The molecule has 3 nitrogen and oxygen atoms in total. The number of rotatable bonds is 5. The van der Waals surface area contributed by atoms with Crippen LogP contribution in [0.1, 0.15) is 43.6 Å². The standard InChI is InChI=1S/C20H24O3/c1-6-23-19-17(11-14(13-21)12-18(19)22-5)15-7-9-16(10-8-15)20(2,3)4/h7-13H,6H2,1-5H3. The summed E-state index contributed by atoms with van der Waals surface area (Å²) in [6.07, 6.45) is 0.825. The van der Waals surface area contributed by atoms with Gasteiger partial charge in [0.25, 0.3) is 0 Å². The molecule has 2 aromatic rings. The van der Waals surface area contributed by atoms with Crippen molar-refractivity contribution in [3.8, 4) is 22.6 Å². The number of hydrogen-bond donors (Lipinski definition) is 0. The largest absolute Gasteiger partial charge is 0.493 e. The third-order valence-electron chi connectivity index (χ3n) is 3.78. The summed E-state index contributed by atoms with van der Waals surface area (Å²) in [5, 5.41) is 0. The van der Waals surface area contributed by atoms with Crippen LogP contribution < -0.4 is 9.47 Å². The van der Waals surface area contributed by atoms with Gasteiger partial charge in [0.2, 0.25) is 0 Å². The smallest absolute Gasteiger partial charge is 0.168 e. The summed E-state index contributed by atoms with van der Waals surface area (Å²) < 4.78 is 11.2. The molecule has 0 heterocycles. The normalized spacial score (nSPS) is 11.2. The molecule has 0 saturated heterocycles. The van der Waals surface area contributed by atoms with Gasteiger partial charge in [-0.15, -0.1) is 0 Å². The molecule has 0 atom stereocenters. The van der Waals surface area contributed by atoms with Gasteiger partial charge in [-0.25, -0.2) is 0 Å². The summed E-state index contributed by atoms with van der Waals surface area (Å²) >= 11 is 0. The molecule has 0 aliphatic rings. The first-order chi connectivity index (χ1) is 10.9. The summed E-state index contributed by atoms with van der Waals surface area (Å²) in [5.41, 5.74) is 3.80. The first kappa shape index (κ1) is 17.1. The third kappa shape index (κ3) is 3.73. The van der Waals surface area contributed by atoms with E-state index >= 15 is 0 Å². The number of aldehydes is 1. The second-order valence-electron chi connectivity index (χ2n) is 6.48. The fourth-order valence-electron chi connectivity index (χ4n) is 2.50. The first-order valence-corrected chi connectivity index (χ1v) is 7.81. The maximum atomic E-state index is 11.2. The van der Waals surface area contributed by atoms with Crippen molar-refractivity contribution in [2.45, 2.75) is 33.1 Å². The van der Waals surface area contributed by atoms with Crippen LogP contribution in [0.2, 0.25) is 0 Å². The molecule has 0 aliphatic heterocycles. The Labute approximate surface area is 138 Å². The van der Waals surface area contributed by atoms with Crippen LogP contribution in [0.15, 0.2) is 36.4 Å². The molecule has 0 radical (unpaired) electrons. The molecule has 2 rings (SSSR count). The Kier molecular flexibility index (Phi) is 5.09. The molecule has 23 heavy (non-hydrogen) atoms. The van der Waals surface area contributed by atoms with Gasteiger partial charge in [-0.1, -0.05) is 45.0 Å². The highest BCUT2D eigenvalue weighted by Crippen LogP contribution is 2.39. The summed E-state index contributed by atoms with van der Waals surface area (Å²) in [7, 11) is 1.58. The number of ether oxygens (including phenoxy) is 2. The van der Waals surface area contributed by atoms with Gasteiger partial charge in [0.15, 0.2) is 11.5 Å². The molecule has 0 N–H and O–H groups in total. The number of methoxy groups -OCH3 is 1. The van der Waals surface area contributed by atoms with E-state index in [1.54, 1.807) is 13.2 Å². The predicted molar refractivity (Wildman–Crippen MR) is 93.7 cm³/mol. The Morgan fingerprint density at radius 2 is 1.74 bits per heavy atom. The molecule has 3 heteroatoms. The fraction of sp³-hybridized carbons (Fsp3) is 0.350. The lowest BCUT2D eigenvalue weighted by Crippen LogP contribution is -2.10. The quantitative estimate of drug-likeness (QED) is 0.739. The van der Waals surface area contributed by atoms with Crippen molar-refractivity contribution < 1.29 is 14.3 Å². The highest BCUT2D eigenvalue weighted by Gasteiger charge is 2.17. The molecule has 0 aliphatic carbocycles. The van der Waals surface area contributed by atoms with Gasteiger partial charge < -0.3 is 9.47 Å². The average molecular weight is 312 g/mol. The van der Waals surface area contributed by atoms with Crippen LogP contribution in [0.25, 0.3) is 11.1 Å². The lowest BCUT2D eigenvalue weighted by Gasteiger charge is -2.20. The van der Waals surface area contributed by atoms with Crippen molar-refractivity contribution in [2.75, 3.05) is 13.7 Å². The fourth-order valence-corrected chi connectivity index (χ4v) is 2.50. The van der Waals surface area contributed by atoms with Gasteiger partial charge in [-0.3, -0.25) is 4.79 Å². The number of carbonyl (C=O) groups excluding carboxylic acids is 1. The summed E-state index contributed by atoms with van der Waals surface area (Å²) in [4.78, 5) is 11.2. The van der Waals surface area contributed by atoms with E-state index in [9.17, 15) is 4.79 Å². The van der Waals surface area contributed by atoms with Crippen molar-refractivity contribution in [1.29, 1.82) is 0 Å². The van der Waals surface area contributed by atoms with Crippen molar-refractivity contribution >= 4 is 6.29 Å². The van der Waals surface area contributed by atoms with E-state index in [2.05, 4.69) is 45.0 Å². The second kappa shape index (κ2) is 6.86. The lowest BCUT2D eigenvalue weighted by atomic mass is 9.86. The van der Waals surface area contributed by atoms with E-state index in [1.807, 2.05) is 13.0 Å².